The summed E-state index contributed by atoms with van der Waals surface area (Å²) in [4.78, 5) is 15.8. The van der Waals surface area contributed by atoms with E-state index in [1.54, 1.807) is 25.1 Å². The fourth-order valence-electron chi connectivity index (χ4n) is 1.51. The quantitative estimate of drug-likeness (QED) is 0.887. The average Bonchev–Trinajstić information content (AvgIpc) is 2.28. The number of carbonyl (C=O) groups excluding carboxylic acids is 1. The molecule has 2 rings (SSSR count). The molecule has 1 N–H and O–H groups in total. The van der Waals surface area contributed by atoms with Gasteiger partial charge in [0, 0.05) is 5.69 Å². The fourth-order valence-corrected chi connectivity index (χ4v) is 1.51. The van der Waals surface area contributed by atoms with Gasteiger partial charge in [0.1, 0.15) is 23.0 Å². The Labute approximate surface area is 102 Å². The van der Waals surface area contributed by atoms with E-state index in [1.807, 2.05) is 0 Å². The van der Waals surface area contributed by atoms with E-state index >= 15 is 0 Å². The normalized spacial score (nSPS) is 10.2. The van der Waals surface area contributed by atoms with Crippen LogP contribution >= 0.6 is 0 Å². The van der Waals surface area contributed by atoms with Gasteiger partial charge in [-0.05, 0) is 31.2 Å². The third-order valence-corrected chi connectivity index (χ3v) is 2.32. The lowest BCUT2D eigenvalue weighted by Crippen LogP contribution is -2.16. The lowest BCUT2D eigenvalue weighted by molar-refractivity contribution is 0.101. The van der Waals surface area contributed by atoms with Gasteiger partial charge in [0.05, 0.1) is 0 Å². The molecule has 18 heavy (non-hydrogen) atoms. The Hall–Kier alpha value is -2.30. The first-order valence-corrected chi connectivity index (χ1v) is 5.27. The summed E-state index contributed by atoms with van der Waals surface area (Å²) < 4.78 is 26.7. The second kappa shape index (κ2) is 4.91. The fraction of sp³-hybridized carbons (Fsp3) is 0.0769. The van der Waals surface area contributed by atoms with Gasteiger partial charge in [-0.3, -0.25) is 4.79 Å². The molecule has 0 fully saturated rings. The van der Waals surface area contributed by atoms with Gasteiger partial charge < -0.3 is 5.32 Å². The Bertz CT molecular complexity index is 579. The lowest BCUT2D eigenvalue weighted by atomic mass is 10.2. The Morgan fingerprint density at radius 1 is 1.11 bits per heavy atom. The van der Waals surface area contributed by atoms with Crippen LogP contribution in [0.15, 0.2) is 36.4 Å². The molecular weight excluding hydrogens is 238 g/mol. The molecule has 1 aromatic heterocycles. The first-order valence-electron chi connectivity index (χ1n) is 5.27. The molecule has 1 heterocycles. The number of nitrogens with zero attached hydrogens (tertiary/aromatic N) is 1. The number of anilines is 1. The minimum Gasteiger partial charge on any atom is -0.306 e. The van der Waals surface area contributed by atoms with Gasteiger partial charge in [0.25, 0.3) is 5.91 Å². The highest BCUT2D eigenvalue weighted by Crippen LogP contribution is 2.14. The molecule has 0 unspecified atom stereocenters. The second-order valence-corrected chi connectivity index (χ2v) is 3.71. The van der Waals surface area contributed by atoms with Crippen molar-refractivity contribution in [2.24, 2.45) is 0 Å². The maximum Gasteiger partial charge on any atom is 0.262 e. The lowest BCUT2D eigenvalue weighted by Gasteiger charge is -2.06. The third-order valence-electron chi connectivity index (χ3n) is 2.32. The van der Waals surface area contributed by atoms with Gasteiger partial charge in [-0.1, -0.05) is 12.1 Å². The molecule has 3 nitrogen and oxygen atoms in total. The molecule has 0 aliphatic rings. The third kappa shape index (κ3) is 2.51. The molecule has 2 aromatic rings. The number of nitrogens with one attached hydrogen (secondary N) is 1. The summed E-state index contributed by atoms with van der Waals surface area (Å²) in [6, 6.07) is 8.24. The molecular formula is C13H10F2N2O. The van der Waals surface area contributed by atoms with Crippen LogP contribution in [0.4, 0.5) is 14.6 Å². The van der Waals surface area contributed by atoms with Crippen molar-refractivity contribution in [2.45, 2.75) is 6.92 Å². The number of carbonyl (C=O) groups is 1. The largest absolute Gasteiger partial charge is 0.306 e. The van der Waals surface area contributed by atoms with Gasteiger partial charge in [0.2, 0.25) is 0 Å². The van der Waals surface area contributed by atoms with Gasteiger partial charge >= 0.3 is 0 Å². The maximum atomic E-state index is 13.4. The highest BCUT2D eigenvalue weighted by Gasteiger charge is 2.17. The van der Waals surface area contributed by atoms with Gasteiger partial charge in [-0.25, -0.2) is 13.8 Å². The minimum atomic E-state index is -0.903. The summed E-state index contributed by atoms with van der Waals surface area (Å²) in [5.41, 5.74) is 0.0858. The predicted octanol–water partition coefficient (Wildman–Crippen LogP) is 2.92. The number of aryl methyl sites for hydroxylation is 1. The van der Waals surface area contributed by atoms with E-state index in [9.17, 15) is 13.6 Å². The van der Waals surface area contributed by atoms with Crippen LogP contribution in [-0.4, -0.2) is 10.9 Å². The molecule has 0 aliphatic carbocycles. The highest BCUT2D eigenvalue weighted by atomic mass is 19.1. The Balaban J connectivity index is 2.28. The zero-order chi connectivity index (χ0) is 13.1. The van der Waals surface area contributed by atoms with Crippen LogP contribution in [0, 0.1) is 18.6 Å². The molecule has 0 radical (unpaired) electrons. The first kappa shape index (κ1) is 12.2. The molecule has 0 bridgehead atoms. The number of aromatic nitrogens is 1. The molecule has 0 saturated heterocycles. The number of pyridine rings is 1. The topological polar surface area (TPSA) is 42.0 Å². The van der Waals surface area contributed by atoms with Crippen molar-refractivity contribution in [2.75, 3.05) is 5.32 Å². The van der Waals surface area contributed by atoms with Crippen LogP contribution < -0.4 is 5.32 Å². The Morgan fingerprint density at radius 2 is 1.72 bits per heavy atom. The summed E-state index contributed by atoms with van der Waals surface area (Å²) in [5.74, 6) is -2.41. The van der Waals surface area contributed by atoms with Gasteiger partial charge in [0.15, 0.2) is 0 Å². The van der Waals surface area contributed by atoms with Gasteiger partial charge in [-0.2, -0.15) is 0 Å². The molecule has 0 spiro atoms. The molecule has 1 amide bonds. The average molecular weight is 248 g/mol. The number of halogens is 2. The van der Waals surface area contributed by atoms with E-state index < -0.39 is 23.1 Å². The number of hydrogen-bond donors (Lipinski definition) is 1. The first-order chi connectivity index (χ1) is 8.58. The SMILES string of the molecule is Cc1cccc(NC(=O)c2c(F)cccc2F)n1. The zero-order valence-electron chi connectivity index (χ0n) is 9.58. The smallest absolute Gasteiger partial charge is 0.262 e. The Morgan fingerprint density at radius 3 is 2.33 bits per heavy atom. The summed E-state index contributed by atoms with van der Waals surface area (Å²) in [7, 11) is 0. The number of hydrogen-bond acceptors (Lipinski definition) is 2. The molecule has 0 saturated carbocycles. The van der Waals surface area contributed by atoms with Crippen molar-refractivity contribution in [3.05, 3.63) is 59.3 Å². The van der Waals surface area contributed by atoms with Crippen molar-refractivity contribution in [1.82, 2.24) is 4.98 Å². The second-order valence-electron chi connectivity index (χ2n) is 3.71. The number of benzene rings is 1. The monoisotopic (exact) mass is 248 g/mol. The van der Waals surface area contributed by atoms with Crippen LogP contribution in [0.1, 0.15) is 16.1 Å². The van der Waals surface area contributed by atoms with Crippen LogP contribution in [-0.2, 0) is 0 Å². The van der Waals surface area contributed by atoms with Crippen LogP contribution in [0.5, 0.6) is 0 Å². The summed E-state index contributed by atoms with van der Waals surface area (Å²) in [6.07, 6.45) is 0. The molecule has 0 atom stereocenters. The summed E-state index contributed by atoms with van der Waals surface area (Å²) in [5, 5.41) is 2.35. The van der Waals surface area contributed by atoms with Crippen LogP contribution in [0.2, 0.25) is 0 Å². The van der Waals surface area contributed by atoms with Gasteiger partial charge in [-0.15, -0.1) is 0 Å². The molecule has 0 aliphatic heterocycles. The van der Waals surface area contributed by atoms with Crippen molar-refractivity contribution in [3.8, 4) is 0 Å². The zero-order valence-corrected chi connectivity index (χ0v) is 9.58. The van der Waals surface area contributed by atoms with E-state index in [1.165, 1.54) is 6.07 Å². The van der Waals surface area contributed by atoms with Crippen LogP contribution in [0.25, 0.3) is 0 Å². The summed E-state index contributed by atoms with van der Waals surface area (Å²) in [6.45, 7) is 1.75. The number of rotatable bonds is 2. The molecule has 5 heteroatoms. The minimum absolute atomic E-state index is 0.252. The summed E-state index contributed by atoms with van der Waals surface area (Å²) >= 11 is 0. The van der Waals surface area contributed by atoms with E-state index in [2.05, 4.69) is 10.3 Å². The number of amides is 1. The van der Waals surface area contributed by atoms with Crippen molar-refractivity contribution < 1.29 is 13.6 Å². The van der Waals surface area contributed by atoms with Crippen molar-refractivity contribution in [3.63, 3.8) is 0 Å². The van der Waals surface area contributed by atoms with E-state index in [0.717, 1.165) is 12.1 Å². The Kier molecular flexibility index (Phi) is 3.32. The van der Waals surface area contributed by atoms with E-state index in [0.29, 0.717) is 5.69 Å². The highest BCUT2D eigenvalue weighted by molar-refractivity contribution is 6.04. The molecule has 92 valence electrons. The maximum absolute atomic E-state index is 13.4. The van der Waals surface area contributed by atoms with Crippen molar-refractivity contribution >= 4 is 11.7 Å². The molecule has 1 aromatic carbocycles. The van der Waals surface area contributed by atoms with Crippen molar-refractivity contribution in [1.29, 1.82) is 0 Å². The predicted molar refractivity (Wildman–Crippen MR) is 63.3 cm³/mol. The van der Waals surface area contributed by atoms with Crippen LogP contribution in [0.3, 0.4) is 0 Å². The van der Waals surface area contributed by atoms with E-state index in [4.69, 9.17) is 0 Å². The standard InChI is InChI=1S/C13H10F2N2O/c1-8-4-2-7-11(16-8)17-13(18)12-9(14)5-3-6-10(12)15/h2-7H,1H3,(H,16,17,18). The van der Waals surface area contributed by atoms with E-state index in [-0.39, 0.29) is 5.82 Å².